The molecule has 1 saturated carbocycles. The molecule has 0 radical (unpaired) electrons. The summed E-state index contributed by atoms with van der Waals surface area (Å²) in [5.74, 6) is -0.370. The van der Waals surface area contributed by atoms with Crippen LogP contribution in [0, 0.1) is 5.92 Å². The van der Waals surface area contributed by atoms with Gasteiger partial charge < -0.3 is 10.6 Å². The number of carbonyl (C=O) groups is 1. The average molecular weight is 323 g/mol. The quantitative estimate of drug-likeness (QED) is 0.818. The van der Waals surface area contributed by atoms with E-state index in [9.17, 15) is 18.0 Å². The van der Waals surface area contributed by atoms with Gasteiger partial charge in [0.1, 0.15) is 0 Å². The van der Waals surface area contributed by atoms with Crippen molar-refractivity contribution < 1.29 is 18.0 Å². The van der Waals surface area contributed by atoms with Gasteiger partial charge in [0.15, 0.2) is 0 Å². The van der Waals surface area contributed by atoms with Crippen LogP contribution in [0.3, 0.4) is 0 Å². The topological polar surface area (TPSA) is 41.1 Å². The second-order valence-electron chi connectivity index (χ2n) is 4.97. The number of alkyl halides is 3. The van der Waals surface area contributed by atoms with E-state index in [0.717, 1.165) is 12.1 Å². The standard InChI is InChI=1S/C14H17F3N2O.ClH/c1-18-5-6-19-13(20)12-8-11(12)9-3-2-4-10(7-9)14(15,16)17;/h2-4,7,11-12,18H,5-6,8H2,1H3,(H,19,20);1H. The zero-order chi connectivity index (χ0) is 14.8. The van der Waals surface area contributed by atoms with Crippen molar-refractivity contribution in [2.45, 2.75) is 18.5 Å². The van der Waals surface area contributed by atoms with Gasteiger partial charge >= 0.3 is 6.18 Å². The summed E-state index contributed by atoms with van der Waals surface area (Å²) in [4.78, 5) is 11.8. The molecule has 1 aromatic carbocycles. The van der Waals surface area contributed by atoms with Gasteiger partial charge in [-0.1, -0.05) is 18.2 Å². The van der Waals surface area contributed by atoms with Crippen LogP contribution in [-0.4, -0.2) is 26.0 Å². The number of rotatable bonds is 5. The van der Waals surface area contributed by atoms with Crippen molar-refractivity contribution in [1.29, 1.82) is 0 Å². The van der Waals surface area contributed by atoms with Crippen LogP contribution in [0.1, 0.15) is 23.5 Å². The van der Waals surface area contributed by atoms with Gasteiger partial charge in [-0.15, -0.1) is 12.4 Å². The molecule has 0 heterocycles. The van der Waals surface area contributed by atoms with Crippen molar-refractivity contribution in [2.75, 3.05) is 20.1 Å². The SMILES string of the molecule is CNCCNC(=O)C1CC1c1cccc(C(F)(F)F)c1.Cl. The summed E-state index contributed by atoms with van der Waals surface area (Å²) < 4.78 is 37.9. The average Bonchev–Trinajstić information content (AvgIpc) is 3.18. The second kappa shape index (κ2) is 7.13. The molecule has 1 aliphatic rings. The number of benzene rings is 1. The fourth-order valence-corrected chi connectivity index (χ4v) is 2.24. The number of halogens is 4. The molecule has 1 fully saturated rings. The number of hydrogen-bond acceptors (Lipinski definition) is 2. The fraction of sp³-hybridized carbons (Fsp3) is 0.500. The Bertz CT molecular complexity index is 493. The molecule has 1 amide bonds. The molecule has 0 saturated heterocycles. The van der Waals surface area contributed by atoms with E-state index in [1.165, 1.54) is 6.07 Å². The smallest absolute Gasteiger partial charge is 0.355 e. The lowest BCUT2D eigenvalue weighted by molar-refractivity contribution is -0.137. The van der Waals surface area contributed by atoms with Crippen molar-refractivity contribution >= 4 is 18.3 Å². The molecule has 118 valence electrons. The third kappa shape index (κ3) is 4.61. The zero-order valence-corrected chi connectivity index (χ0v) is 12.4. The summed E-state index contributed by atoms with van der Waals surface area (Å²) >= 11 is 0. The molecule has 0 bridgehead atoms. The largest absolute Gasteiger partial charge is 0.416 e. The summed E-state index contributed by atoms with van der Waals surface area (Å²) in [5, 5.41) is 5.68. The molecule has 1 aliphatic carbocycles. The zero-order valence-electron chi connectivity index (χ0n) is 11.5. The molecule has 2 N–H and O–H groups in total. The normalized spacial score (nSPS) is 20.6. The number of nitrogens with one attached hydrogen (secondary N) is 2. The summed E-state index contributed by atoms with van der Waals surface area (Å²) in [6.07, 6.45) is -3.72. The van der Waals surface area contributed by atoms with Crippen molar-refractivity contribution in [3.63, 3.8) is 0 Å². The molecule has 2 atom stereocenters. The number of carbonyl (C=O) groups excluding carboxylic acids is 1. The number of likely N-dealkylation sites (N-methyl/N-ethyl adjacent to an activating group) is 1. The van der Waals surface area contributed by atoms with Crippen molar-refractivity contribution in [3.8, 4) is 0 Å². The Morgan fingerprint density at radius 1 is 1.33 bits per heavy atom. The number of hydrogen-bond donors (Lipinski definition) is 2. The first kappa shape index (κ1) is 17.8. The maximum atomic E-state index is 12.6. The van der Waals surface area contributed by atoms with Gasteiger partial charge in [-0.05, 0) is 31.0 Å². The minimum atomic E-state index is -4.34. The highest BCUT2D eigenvalue weighted by atomic mass is 35.5. The van der Waals surface area contributed by atoms with Crippen LogP contribution in [0.2, 0.25) is 0 Å². The van der Waals surface area contributed by atoms with Gasteiger partial charge in [0, 0.05) is 19.0 Å². The van der Waals surface area contributed by atoms with Crippen LogP contribution in [-0.2, 0) is 11.0 Å². The van der Waals surface area contributed by atoms with E-state index in [4.69, 9.17) is 0 Å². The van der Waals surface area contributed by atoms with Crippen LogP contribution >= 0.6 is 12.4 Å². The van der Waals surface area contributed by atoms with Gasteiger partial charge in [0.2, 0.25) is 5.91 Å². The Balaban J connectivity index is 0.00000220. The fourth-order valence-electron chi connectivity index (χ4n) is 2.24. The molecule has 0 aromatic heterocycles. The van der Waals surface area contributed by atoms with Gasteiger partial charge in [0.05, 0.1) is 5.56 Å². The molecule has 1 aromatic rings. The minimum Gasteiger partial charge on any atom is -0.355 e. The van der Waals surface area contributed by atoms with Crippen LogP contribution < -0.4 is 10.6 Å². The highest BCUT2D eigenvalue weighted by Gasteiger charge is 2.44. The first-order valence-electron chi connectivity index (χ1n) is 6.53. The third-order valence-electron chi connectivity index (χ3n) is 3.44. The Kier molecular flexibility index (Phi) is 6.04. The summed E-state index contributed by atoms with van der Waals surface area (Å²) in [6, 6.07) is 5.24. The molecule has 0 aliphatic heterocycles. The van der Waals surface area contributed by atoms with E-state index < -0.39 is 11.7 Å². The van der Waals surface area contributed by atoms with Gasteiger partial charge in [-0.2, -0.15) is 13.2 Å². The minimum absolute atomic E-state index is 0. The van der Waals surface area contributed by atoms with Gasteiger partial charge in [-0.25, -0.2) is 0 Å². The van der Waals surface area contributed by atoms with E-state index in [1.807, 2.05) is 0 Å². The van der Waals surface area contributed by atoms with E-state index in [2.05, 4.69) is 10.6 Å². The molecular weight excluding hydrogens is 305 g/mol. The van der Waals surface area contributed by atoms with Crippen LogP contribution in [0.15, 0.2) is 24.3 Å². The maximum absolute atomic E-state index is 12.6. The summed E-state index contributed by atoms with van der Waals surface area (Å²) in [5.41, 5.74) is -0.0650. The molecule has 2 unspecified atom stereocenters. The molecule has 2 rings (SSSR count). The van der Waals surface area contributed by atoms with Gasteiger partial charge in [0.25, 0.3) is 0 Å². The van der Waals surface area contributed by atoms with E-state index in [-0.39, 0.29) is 30.2 Å². The molecule has 0 spiro atoms. The molecule has 3 nitrogen and oxygen atoms in total. The lowest BCUT2D eigenvalue weighted by Crippen LogP contribution is -2.31. The highest BCUT2D eigenvalue weighted by molar-refractivity contribution is 5.85. The maximum Gasteiger partial charge on any atom is 0.416 e. The van der Waals surface area contributed by atoms with Crippen LogP contribution in [0.25, 0.3) is 0 Å². The molecular formula is C14H18ClF3N2O. The lowest BCUT2D eigenvalue weighted by Gasteiger charge is -2.08. The van der Waals surface area contributed by atoms with E-state index in [1.54, 1.807) is 13.1 Å². The Hall–Kier alpha value is -1.27. The van der Waals surface area contributed by atoms with Crippen molar-refractivity contribution in [1.82, 2.24) is 10.6 Å². The summed E-state index contributed by atoms with van der Waals surface area (Å²) in [7, 11) is 1.79. The van der Waals surface area contributed by atoms with Gasteiger partial charge in [-0.3, -0.25) is 4.79 Å². The highest BCUT2D eigenvalue weighted by Crippen LogP contribution is 2.48. The predicted octanol–water partition coefficient (Wildman–Crippen LogP) is 2.57. The van der Waals surface area contributed by atoms with E-state index in [0.29, 0.717) is 25.1 Å². The van der Waals surface area contributed by atoms with Crippen LogP contribution in [0.5, 0.6) is 0 Å². The molecule has 21 heavy (non-hydrogen) atoms. The van der Waals surface area contributed by atoms with Crippen molar-refractivity contribution in [3.05, 3.63) is 35.4 Å². The first-order valence-corrected chi connectivity index (χ1v) is 6.53. The Labute approximate surface area is 127 Å². The lowest BCUT2D eigenvalue weighted by atomic mass is 10.1. The van der Waals surface area contributed by atoms with Crippen LogP contribution in [0.4, 0.5) is 13.2 Å². The third-order valence-corrected chi connectivity index (χ3v) is 3.44. The first-order chi connectivity index (χ1) is 9.43. The predicted molar refractivity (Wildman–Crippen MR) is 76.5 cm³/mol. The Morgan fingerprint density at radius 3 is 2.67 bits per heavy atom. The Morgan fingerprint density at radius 2 is 2.05 bits per heavy atom. The van der Waals surface area contributed by atoms with Crippen molar-refractivity contribution in [2.24, 2.45) is 5.92 Å². The monoisotopic (exact) mass is 322 g/mol. The number of amides is 1. The molecule has 7 heteroatoms. The summed E-state index contributed by atoms with van der Waals surface area (Å²) in [6.45, 7) is 1.20. The van der Waals surface area contributed by atoms with E-state index >= 15 is 0 Å². The second-order valence-corrected chi connectivity index (χ2v) is 4.97.